The van der Waals surface area contributed by atoms with Crippen molar-refractivity contribution in [3.8, 4) is 5.75 Å². The molecule has 0 spiro atoms. The first-order valence-corrected chi connectivity index (χ1v) is 10.7. The number of aliphatic hydroxyl groups excluding tert-OH is 1. The second-order valence-electron chi connectivity index (χ2n) is 8.20. The lowest BCUT2D eigenvalue weighted by Crippen LogP contribution is -2.21. The Morgan fingerprint density at radius 3 is 2.65 bits per heavy atom. The summed E-state index contributed by atoms with van der Waals surface area (Å²) >= 11 is 0. The summed E-state index contributed by atoms with van der Waals surface area (Å²) in [6.45, 7) is 1.73. The molecule has 0 bridgehead atoms. The number of aryl methyl sites for hydroxylation is 1. The highest BCUT2D eigenvalue weighted by Crippen LogP contribution is 2.37. The molecule has 0 radical (unpaired) electrons. The Morgan fingerprint density at radius 1 is 1.24 bits per heavy atom. The van der Waals surface area contributed by atoms with Gasteiger partial charge in [0.05, 0.1) is 31.5 Å². The van der Waals surface area contributed by atoms with Crippen molar-refractivity contribution in [2.24, 2.45) is 12.8 Å². The van der Waals surface area contributed by atoms with Gasteiger partial charge in [-0.3, -0.25) is 9.48 Å². The summed E-state index contributed by atoms with van der Waals surface area (Å²) in [5.74, 6) is -0.850. The number of hydrogen-bond acceptors (Lipinski definition) is 6. The van der Waals surface area contributed by atoms with E-state index in [1.165, 1.54) is 13.2 Å². The predicted octanol–water partition coefficient (Wildman–Crippen LogP) is 3.19. The third-order valence-corrected chi connectivity index (χ3v) is 5.65. The van der Waals surface area contributed by atoms with Crippen molar-refractivity contribution in [1.82, 2.24) is 14.8 Å². The number of halogens is 1. The molecule has 2 aromatic heterocycles. The minimum Gasteiger partial charge on any atom is -0.494 e. The highest BCUT2D eigenvalue weighted by Gasteiger charge is 2.25. The maximum atomic E-state index is 14.7. The Hall–Kier alpha value is -3.98. The molecule has 0 aliphatic heterocycles. The van der Waals surface area contributed by atoms with Gasteiger partial charge in [-0.25, -0.2) is 9.37 Å². The number of hydrogen-bond donors (Lipinski definition) is 3. The van der Waals surface area contributed by atoms with Crippen LogP contribution in [0.5, 0.6) is 5.75 Å². The second-order valence-corrected chi connectivity index (χ2v) is 8.20. The number of aliphatic hydroxyl groups is 1. The van der Waals surface area contributed by atoms with Gasteiger partial charge in [0.15, 0.2) is 11.6 Å². The molecule has 4 aromatic rings. The van der Waals surface area contributed by atoms with Gasteiger partial charge in [0.2, 0.25) is 5.91 Å². The summed E-state index contributed by atoms with van der Waals surface area (Å²) in [5, 5.41) is 18.5. The standard InChI is InChI=1S/C25H26FN5O3/c1-14(13-32)29-22-10-17-8-16(25(27)33)4-6-19(17)24(30-22)23(18-11-28-31(2)12-18)15-5-7-21(34-3)20(26)9-15/h4-12,14,23,32H,13H2,1-3H3,(H2,27,33)(H,29,30)/t14-,23-/m0/s1. The smallest absolute Gasteiger partial charge is 0.248 e. The van der Waals surface area contributed by atoms with Gasteiger partial charge in [-0.2, -0.15) is 5.10 Å². The molecule has 9 heteroatoms. The van der Waals surface area contributed by atoms with E-state index in [2.05, 4.69) is 10.4 Å². The summed E-state index contributed by atoms with van der Waals surface area (Å²) in [4.78, 5) is 16.7. The Labute approximate surface area is 196 Å². The molecule has 1 amide bonds. The van der Waals surface area contributed by atoms with Crippen LogP contribution in [-0.4, -0.2) is 45.5 Å². The number of amides is 1. The minimum absolute atomic E-state index is 0.0912. The number of primary amides is 1. The van der Waals surface area contributed by atoms with Crippen LogP contribution in [0.1, 0.15) is 40.0 Å². The van der Waals surface area contributed by atoms with Crippen LogP contribution in [0.4, 0.5) is 10.2 Å². The fourth-order valence-corrected chi connectivity index (χ4v) is 3.99. The second kappa shape index (κ2) is 9.48. The van der Waals surface area contributed by atoms with Gasteiger partial charge in [0.25, 0.3) is 0 Å². The van der Waals surface area contributed by atoms with E-state index in [0.717, 1.165) is 16.3 Å². The average molecular weight is 464 g/mol. The van der Waals surface area contributed by atoms with Crippen LogP contribution in [0, 0.1) is 5.82 Å². The molecule has 0 aliphatic rings. The molecule has 4 rings (SSSR count). The van der Waals surface area contributed by atoms with Gasteiger partial charge in [-0.05, 0) is 48.2 Å². The normalized spacial score (nSPS) is 13.0. The van der Waals surface area contributed by atoms with E-state index >= 15 is 0 Å². The molecule has 34 heavy (non-hydrogen) atoms. The molecule has 0 saturated heterocycles. The Bertz CT molecular complexity index is 1350. The average Bonchev–Trinajstić information content (AvgIpc) is 3.24. The number of nitrogens with one attached hydrogen (secondary N) is 1. The fraction of sp³-hybridized carbons (Fsp3) is 0.240. The van der Waals surface area contributed by atoms with Crippen molar-refractivity contribution in [2.75, 3.05) is 19.0 Å². The lowest BCUT2D eigenvalue weighted by molar-refractivity contribution is 0.100. The highest BCUT2D eigenvalue weighted by molar-refractivity contribution is 5.99. The molecule has 0 fully saturated rings. The minimum atomic E-state index is -0.542. The highest BCUT2D eigenvalue weighted by atomic mass is 19.1. The fourth-order valence-electron chi connectivity index (χ4n) is 3.99. The third kappa shape index (κ3) is 4.55. The van der Waals surface area contributed by atoms with E-state index in [1.807, 2.05) is 13.1 Å². The first-order valence-electron chi connectivity index (χ1n) is 10.7. The van der Waals surface area contributed by atoms with Crippen LogP contribution in [0.2, 0.25) is 0 Å². The van der Waals surface area contributed by atoms with Gasteiger partial charge in [-0.15, -0.1) is 0 Å². The molecule has 2 atom stereocenters. The van der Waals surface area contributed by atoms with Crippen LogP contribution in [-0.2, 0) is 7.05 Å². The predicted molar refractivity (Wildman–Crippen MR) is 128 cm³/mol. The van der Waals surface area contributed by atoms with Crippen molar-refractivity contribution in [2.45, 2.75) is 18.9 Å². The van der Waals surface area contributed by atoms with Gasteiger partial charge in [0.1, 0.15) is 5.82 Å². The zero-order valence-electron chi connectivity index (χ0n) is 19.1. The monoisotopic (exact) mass is 463 g/mol. The number of fused-ring (bicyclic) bond motifs is 1. The molecular weight excluding hydrogens is 437 g/mol. The summed E-state index contributed by atoms with van der Waals surface area (Å²) in [6, 6.07) is 11.5. The number of rotatable bonds is 8. The summed E-state index contributed by atoms with van der Waals surface area (Å²) in [6.07, 6.45) is 3.57. The van der Waals surface area contributed by atoms with Crippen LogP contribution < -0.4 is 15.8 Å². The maximum absolute atomic E-state index is 14.7. The summed E-state index contributed by atoms with van der Waals surface area (Å²) in [5.41, 5.74) is 7.97. The quantitative estimate of drug-likeness (QED) is 0.370. The van der Waals surface area contributed by atoms with Crippen LogP contribution in [0.3, 0.4) is 0 Å². The van der Waals surface area contributed by atoms with E-state index in [9.17, 15) is 14.3 Å². The number of nitrogens with two attached hydrogens (primary N) is 1. The summed E-state index contributed by atoms with van der Waals surface area (Å²) in [7, 11) is 3.22. The van der Waals surface area contributed by atoms with Gasteiger partial charge in [0, 0.05) is 35.8 Å². The van der Waals surface area contributed by atoms with E-state index in [1.54, 1.807) is 54.3 Å². The molecule has 0 unspecified atom stereocenters. The largest absolute Gasteiger partial charge is 0.494 e. The van der Waals surface area contributed by atoms with Crippen molar-refractivity contribution in [1.29, 1.82) is 0 Å². The number of anilines is 1. The number of ether oxygens (including phenoxy) is 1. The first-order chi connectivity index (χ1) is 16.3. The van der Waals surface area contributed by atoms with E-state index in [0.29, 0.717) is 22.6 Å². The number of benzene rings is 2. The molecule has 8 nitrogen and oxygen atoms in total. The van der Waals surface area contributed by atoms with Crippen molar-refractivity contribution >= 4 is 22.5 Å². The van der Waals surface area contributed by atoms with Gasteiger partial charge >= 0.3 is 0 Å². The van der Waals surface area contributed by atoms with E-state index in [4.69, 9.17) is 15.5 Å². The Morgan fingerprint density at radius 2 is 2.03 bits per heavy atom. The zero-order valence-corrected chi connectivity index (χ0v) is 19.1. The molecule has 2 aromatic carbocycles. The Balaban J connectivity index is 1.99. The van der Waals surface area contributed by atoms with E-state index < -0.39 is 17.6 Å². The van der Waals surface area contributed by atoms with Crippen molar-refractivity contribution in [3.63, 3.8) is 0 Å². The van der Waals surface area contributed by atoms with Crippen molar-refractivity contribution < 1.29 is 19.0 Å². The van der Waals surface area contributed by atoms with Gasteiger partial charge in [-0.1, -0.05) is 12.1 Å². The zero-order chi connectivity index (χ0) is 24.4. The molecule has 0 saturated carbocycles. The topological polar surface area (TPSA) is 115 Å². The first kappa shape index (κ1) is 23.2. The van der Waals surface area contributed by atoms with Crippen LogP contribution >= 0.6 is 0 Å². The van der Waals surface area contributed by atoms with Crippen LogP contribution in [0.25, 0.3) is 10.8 Å². The SMILES string of the molecule is COc1ccc([C@@H](c2cnn(C)c2)c2nc(N[C@@H](C)CO)cc3cc(C(N)=O)ccc23)cc1F. The number of methoxy groups -OCH3 is 1. The number of carbonyl (C=O) groups excluding carboxylic acids is 1. The lowest BCUT2D eigenvalue weighted by Gasteiger charge is -2.21. The number of nitrogens with zero attached hydrogens (tertiary/aromatic N) is 3. The number of carbonyl (C=O) groups is 1. The van der Waals surface area contributed by atoms with Crippen molar-refractivity contribution in [3.05, 3.63) is 83.1 Å². The van der Waals surface area contributed by atoms with Gasteiger partial charge < -0.3 is 20.9 Å². The molecule has 2 heterocycles. The lowest BCUT2D eigenvalue weighted by atomic mass is 9.87. The molecule has 0 aliphatic carbocycles. The summed E-state index contributed by atoms with van der Waals surface area (Å²) < 4.78 is 21.5. The number of pyridine rings is 1. The maximum Gasteiger partial charge on any atom is 0.248 e. The molecular formula is C25H26FN5O3. The third-order valence-electron chi connectivity index (χ3n) is 5.65. The molecule has 176 valence electrons. The number of aromatic nitrogens is 3. The van der Waals surface area contributed by atoms with Crippen LogP contribution in [0.15, 0.2) is 54.9 Å². The Kier molecular flexibility index (Phi) is 6.47. The molecule has 4 N–H and O–H groups in total. The van der Waals surface area contributed by atoms with E-state index in [-0.39, 0.29) is 18.4 Å².